The number of anilines is 2. The zero-order valence-corrected chi connectivity index (χ0v) is 28.3. The number of piperidine rings is 1. The number of ether oxygens (including phenoxy) is 2. The van der Waals surface area contributed by atoms with Gasteiger partial charge in [-0.05, 0) is 56.2 Å². The average molecular weight is 692 g/mol. The lowest BCUT2D eigenvalue weighted by Crippen LogP contribution is -2.45. The number of halogens is 3. The number of hydrogen-bond acceptors (Lipinski definition) is 10. The molecule has 3 aliphatic rings. The molecule has 5 heterocycles. The first-order valence-corrected chi connectivity index (χ1v) is 16.9. The van der Waals surface area contributed by atoms with E-state index in [1.807, 2.05) is 37.4 Å². The standard InChI is InChI=1S/C36H40F3N7O4/c1-4-49-33(47)28-18-35(50-44-28)12-14-46(15-13-35)26-8-6-23(7-9-26)31-42-30-29(45(2)21-34(22-48-3)10-5-11-34)17-27(41-32(30)43-31)24-16-25(20-40-19-24)36(37,38)39/h6-9,16-17,19-20H,4-5,10-15,18,21-22H2,1-3H3,(H,41,42,43). The molecule has 0 amide bonds. The molecular weight excluding hydrogens is 651 g/mol. The normalized spacial score (nSPS) is 18.1. The minimum atomic E-state index is -4.53. The summed E-state index contributed by atoms with van der Waals surface area (Å²) in [7, 11) is 3.69. The lowest BCUT2D eigenvalue weighted by molar-refractivity contribution is -0.138. The Morgan fingerprint density at radius 1 is 1.06 bits per heavy atom. The van der Waals surface area contributed by atoms with E-state index < -0.39 is 23.3 Å². The molecule has 2 fully saturated rings. The topological polar surface area (TPSA) is 118 Å². The molecule has 0 unspecified atom stereocenters. The first kappa shape index (κ1) is 33.8. The second kappa shape index (κ2) is 13.2. The van der Waals surface area contributed by atoms with Crippen LogP contribution in [0.1, 0.15) is 51.0 Å². The van der Waals surface area contributed by atoms with E-state index in [4.69, 9.17) is 24.3 Å². The third-order valence-corrected chi connectivity index (χ3v) is 10.2. The molecule has 3 aromatic heterocycles. The molecule has 14 heteroatoms. The number of imidazole rings is 1. The number of carbonyl (C=O) groups is 1. The van der Waals surface area contributed by atoms with Crippen molar-refractivity contribution in [3.05, 3.63) is 54.4 Å². The van der Waals surface area contributed by atoms with Crippen LogP contribution in [0.25, 0.3) is 33.8 Å². The SMILES string of the molecule is CCOC(=O)C1=NOC2(CCN(c3ccc(-c4nc5nc(-c6cncc(C(F)(F)F)c6)cc(N(C)CC6(COC)CCC6)c5[nH]4)cc3)CC2)C1. The number of esters is 1. The molecule has 1 aliphatic carbocycles. The number of hydrogen-bond donors (Lipinski definition) is 1. The van der Waals surface area contributed by atoms with Crippen molar-refractivity contribution < 1.29 is 32.3 Å². The number of fused-ring (bicyclic) bond motifs is 1. The summed E-state index contributed by atoms with van der Waals surface area (Å²) in [4.78, 5) is 39.2. The van der Waals surface area contributed by atoms with Gasteiger partial charge in [0.05, 0.1) is 30.2 Å². The number of benzene rings is 1. The molecule has 2 aliphatic heterocycles. The van der Waals surface area contributed by atoms with Crippen molar-refractivity contribution in [3.8, 4) is 22.6 Å². The minimum Gasteiger partial charge on any atom is -0.461 e. The minimum absolute atomic E-state index is 0.00386. The third-order valence-electron chi connectivity index (χ3n) is 10.2. The molecule has 0 atom stereocenters. The highest BCUT2D eigenvalue weighted by Gasteiger charge is 2.44. The zero-order valence-electron chi connectivity index (χ0n) is 28.3. The highest BCUT2D eigenvalue weighted by atomic mass is 19.4. The Labute approximate surface area is 287 Å². The number of carbonyl (C=O) groups excluding carboxylic acids is 1. The second-order valence-electron chi connectivity index (χ2n) is 13.7. The van der Waals surface area contributed by atoms with Crippen LogP contribution in [0.2, 0.25) is 0 Å². The van der Waals surface area contributed by atoms with Gasteiger partial charge >= 0.3 is 12.1 Å². The fourth-order valence-corrected chi connectivity index (χ4v) is 7.33. The van der Waals surface area contributed by atoms with Gasteiger partial charge in [-0.25, -0.2) is 14.8 Å². The highest BCUT2D eigenvalue weighted by Crippen LogP contribution is 2.43. The van der Waals surface area contributed by atoms with Crippen LogP contribution in [0, 0.1) is 5.41 Å². The van der Waals surface area contributed by atoms with Crippen molar-refractivity contribution in [3.63, 3.8) is 0 Å². The predicted octanol–water partition coefficient (Wildman–Crippen LogP) is 6.64. The molecule has 0 bridgehead atoms. The summed E-state index contributed by atoms with van der Waals surface area (Å²) in [6.07, 6.45) is 2.79. The molecule has 1 saturated heterocycles. The molecule has 1 saturated carbocycles. The lowest BCUT2D eigenvalue weighted by atomic mass is 9.69. The Kier molecular flexibility index (Phi) is 8.91. The fraction of sp³-hybridized carbons (Fsp3) is 0.472. The largest absolute Gasteiger partial charge is 0.461 e. The molecule has 1 aromatic carbocycles. The van der Waals surface area contributed by atoms with Crippen LogP contribution in [0.5, 0.6) is 0 Å². The van der Waals surface area contributed by atoms with Crippen LogP contribution in [-0.2, 0) is 25.3 Å². The first-order valence-electron chi connectivity index (χ1n) is 16.9. The van der Waals surface area contributed by atoms with Gasteiger partial charge in [-0.15, -0.1) is 0 Å². The number of H-pyrrole nitrogens is 1. The van der Waals surface area contributed by atoms with Crippen molar-refractivity contribution in [1.29, 1.82) is 0 Å². The van der Waals surface area contributed by atoms with Crippen LogP contribution in [-0.4, -0.2) is 84.2 Å². The maximum atomic E-state index is 13.6. The third kappa shape index (κ3) is 6.60. The van der Waals surface area contributed by atoms with Crippen molar-refractivity contribution >= 4 is 34.2 Å². The molecule has 7 rings (SSSR count). The number of aromatic amines is 1. The number of methoxy groups -OCH3 is 1. The molecule has 264 valence electrons. The van der Waals surface area contributed by atoms with Crippen LogP contribution in [0.3, 0.4) is 0 Å². The van der Waals surface area contributed by atoms with Gasteiger partial charge in [-0.1, -0.05) is 11.6 Å². The first-order chi connectivity index (χ1) is 24.0. The summed E-state index contributed by atoms with van der Waals surface area (Å²) in [5.41, 5.74) is 3.43. The van der Waals surface area contributed by atoms with E-state index in [-0.39, 0.29) is 11.0 Å². The van der Waals surface area contributed by atoms with Crippen molar-refractivity contribution in [1.82, 2.24) is 19.9 Å². The van der Waals surface area contributed by atoms with Gasteiger partial charge in [-0.2, -0.15) is 13.2 Å². The highest BCUT2D eigenvalue weighted by molar-refractivity contribution is 6.36. The van der Waals surface area contributed by atoms with E-state index in [0.29, 0.717) is 54.6 Å². The van der Waals surface area contributed by atoms with Gasteiger partial charge in [0.2, 0.25) is 0 Å². The summed E-state index contributed by atoms with van der Waals surface area (Å²) in [5, 5.41) is 4.03. The molecule has 50 heavy (non-hydrogen) atoms. The van der Waals surface area contributed by atoms with Crippen LogP contribution in [0.15, 0.2) is 53.9 Å². The number of rotatable bonds is 10. The molecule has 1 spiro atoms. The summed E-state index contributed by atoms with van der Waals surface area (Å²) >= 11 is 0. The van der Waals surface area contributed by atoms with E-state index in [9.17, 15) is 18.0 Å². The monoisotopic (exact) mass is 691 g/mol. The Morgan fingerprint density at radius 3 is 2.48 bits per heavy atom. The van der Waals surface area contributed by atoms with E-state index >= 15 is 0 Å². The molecular formula is C36H40F3N7O4. The van der Waals surface area contributed by atoms with Gasteiger partial charge in [0.1, 0.15) is 16.9 Å². The Morgan fingerprint density at radius 2 is 1.82 bits per heavy atom. The van der Waals surface area contributed by atoms with Crippen LogP contribution in [0.4, 0.5) is 24.5 Å². The predicted molar refractivity (Wildman–Crippen MR) is 183 cm³/mol. The van der Waals surface area contributed by atoms with E-state index in [2.05, 4.69) is 24.9 Å². The van der Waals surface area contributed by atoms with Crippen molar-refractivity contribution in [2.24, 2.45) is 10.6 Å². The number of nitrogens with one attached hydrogen (secondary N) is 1. The fourth-order valence-electron chi connectivity index (χ4n) is 7.33. The summed E-state index contributed by atoms with van der Waals surface area (Å²) < 4.78 is 51.4. The van der Waals surface area contributed by atoms with Gasteiger partial charge in [-0.3, -0.25) is 4.98 Å². The maximum Gasteiger partial charge on any atom is 0.417 e. The smallest absolute Gasteiger partial charge is 0.417 e. The van der Waals surface area contributed by atoms with Crippen LogP contribution < -0.4 is 9.80 Å². The number of alkyl halides is 3. The summed E-state index contributed by atoms with van der Waals surface area (Å²) in [6, 6.07) is 11.0. The van der Waals surface area contributed by atoms with Gasteiger partial charge in [0.25, 0.3) is 0 Å². The van der Waals surface area contributed by atoms with Gasteiger partial charge < -0.3 is 29.1 Å². The number of aromatic nitrogens is 4. The van der Waals surface area contributed by atoms with Crippen molar-refractivity contribution in [2.45, 2.75) is 57.2 Å². The van der Waals surface area contributed by atoms with Crippen molar-refractivity contribution in [2.75, 3.05) is 56.8 Å². The molecule has 1 N–H and O–H groups in total. The number of oxime groups is 1. The maximum absolute atomic E-state index is 13.6. The Balaban J connectivity index is 1.14. The molecule has 4 aromatic rings. The number of nitrogens with zero attached hydrogens (tertiary/aromatic N) is 6. The molecule has 0 radical (unpaired) electrons. The summed E-state index contributed by atoms with van der Waals surface area (Å²) in [5.74, 6) is 0.183. The quantitative estimate of drug-likeness (QED) is 0.183. The van der Waals surface area contributed by atoms with Crippen LogP contribution >= 0.6 is 0 Å². The summed E-state index contributed by atoms with van der Waals surface area (Å²) in [6.45, 7) is 4.89. The van der Waals surface area contributed by atoms with Gasteiger partial charge in [0, 0.05) is 87.7 Å². The average Bonchev–Trinajstić information content (AvgIpc) is 3.72. The Bertz CT molecular complexity index is 1900. The van der Waals surface area contributed by atoms with E-state index in [1.54, 1.807) is 14.0 Å². The van der Waals surface area contributed by atoms with Gasteiger partial charge in [0.15, 0.2) is 11.4 Å². The molecule has 11 nitrogen and oxygen atoms in total. The lowest BCUT2D eigenvalue weighted by Gasteiger charge is -2.44. The second-order valence-corrected chi connectivity index (χ2v) is 13.7. The Hall–Kier alpha value is -4.72. The number of pyridine rings is 2. The van der Waals surface area contributed by atoms with E-state index in [0.717, 1.165) is 74.4 Å². The zero-order chi connectivity index (χ0) is 35.1. The van der Waals surface area contributed by atoms with E-state index in [1.165, 1.54) is 6.20 Å².